The fraction of sp³-hybridized carbons (Fsp3) is 0.743. The maximum Gasteiger partial charge on any atom is 0.122 e. The number of fused-ring (bicyclic) bond motifs is 5. The fourth-order valence-electron chi connectivity index (χ4n) is 9.79. The van der Waals surface area contributed by atoms with Gasteiger partial charge in [0.15, 0.2) is 0 Å². The quantitative estimate of drug-likeness (QED) is 0.181. The Morgan fingerprint density at radius 2 is 1.74 bits per heavy atom. The van der Waals surface area contributed by atoms with Crippen LogP contribution < -0.4 is 5.73 Å². The number of rotatable bonds is 9. The molecule has 4 aliphatic carbocycles. The van der Waals surface area contributed by atoms with Gasteiger partial charge in [-0.2, -0.15) is 0 Å². The highest BCUT2D eigenvalue weighted by Crippen LogP contribution is 2.67. The van der Waals surface area contributed by atoms with E-state index in [0.29, 0.717) is 23.5 Å². The smallest absolute Gasteiger partial charge is 0.122 e. The van der Waals surface area contributed by atoms with Gasteiger partial charge in [0.1, 0.15) is 5.84 Å². The molecule has 0 saturated heterocycles. The molecule has 4 heteroatoms. The number of nitrogen functional groups attached to an aromatic ring is 1. The van der Waals surface area contributed by atoms with E-state index in [1.54, 1.807) is 5.57 Å². The van der Waals surface area contributed by atoms with E-state index in [-0.39, 0.29) is 18.2 Å². The van der Waals surface area contributed by atoms with Gasteiger partial charge in [-0.15, -0.1) is 12.4 Å². The minimum absolute atomic E-state index is 0. The molecule has 4 unspecified atom stereocenters. The largest absolute Gasteiger partial charge is 0.384 e. The Labute approximate surface area is 245 Å². The summed E-state index contributed by atoms with van der Waals surface area (Å²) in [6.45, 7) is 13.3. The van der Waals surface area contributed by atoms with Gasteiger partial charge in [-0.05, 0) is 103 Å². The SMILES string of the molecule is CC(C)CCC[C@@H](C)[C@H]1CCC2C3CC=C4CC(OCc5ccc(C(=N)N)cc5)CC[C@]4(C)C3CC[C@@]21C.Cl. The molecule has 0 heterocycles. The molecule has 3 N–H and O–H groups in total. The summed E-state index contributed by atoms with van der Waals surface area (Å²) >= 11 is 0. The monoisotopic (exact) mass is 554 g/mol. The second-order valence-electron chi connectivity index (χ2n) is 14.6. The van der Waals surface area contributed by atoms with Crippen molar-refractivity contribution >= 4 is 18.2 Å². The molecular weight excluding hydrogens is 500 g/mol. The van der Waals surface area contributed by atoms with Crippen LogP contribution in [0.5, 0.6) is 0 Å². The number of nitrogens with two attached hydrogens (primary N) is 1. The van der Waals surface area contributed by atoms with Crippen molar-refractivity contribution in [1.29, 1.82) is 5.41 Å². The molecule has 0 bridgehead atoms. The number of halogens is 1. The third-order valence-electron chi connectivity index (χ3n) is 12.0. The van der Waals surface area contributed by atoms with Crippen LogP contribution in [0.25, 0.3) is 0 Å². The summed E-state index contributed by atoms with van der Waals surface area (Å²) in [5.74, 6) is 5.49. The lowest BCUT2D eigenvalue weighted by Crippen LogP contribution is -2.51. The van der Waals surface area contributed by atoms with Crippen molar-refractivity contribution < 1.29 is 4.74 Å². The molecule has 3 nitrogen and oxygen atoms in total. The summed E-state index contributed by atoms with van der Waals surface area (Å²) < 4.78 is 6.45. The Hall–Kier alpha value is -1.32. The first-order valence-corrected chi connectivity index (χ1v) is 15.9. The van der Waals surface area contributed by atoms with Crippen molar-refractivity contribution in [3.63, 3.8) is 0 Å². The summed E-state index contributed by atoms with van der Waals surface area (Å²) in [6.07, 6.45) is 18.0. The maximum absolute atomic E-state index is 7.59. The first-order valence-electron chi connectivity index (χ1n) is 15.9. The molecule has 4 aliphatic rings. The third-order valence-corrected chi connectivity index (χ3v) is 12.0. The molecular formula is C35H55ClN2O. The van der Waals surface area contributed by atoms with Crippen molar-refractivity contribution in [2.45, 2.75) is 118 Å². The Kier molecular flexibility index (Phi) is 9.64. The van der Waals surface area contributed by atoms with E-state index in [4.69, 9.17) is 15.9 Å². The molecule has 0 amide bonds. The minimum Gasteiger partial charge on any atom is -0.384 e. The summed E-state index contributed by atoms with van der Waals surface area (Å²) in [7, 11) is 0. The van der Waals surface area contributed by atoms with Crippen molar-refractivity contribution in [1.82, 2.24) is 0 Å². The standard InChI is InChI=1S/C35H54N2O.ClH/c1-23(2)7-6-8-24(3)30-15-16-31-29-14-13-27-21-28(38-22-25-9-11-26(12-10-25)33(36)37)17-19-34(27,4)32(29)18-20-35(30,31)5;/h9-13,23-24,28-32H,6-8,14-22H2,1-5H3,(H3,36,37);1H/t24-,28?,29?,30-,31?,32?,34+,35-;/m1./s1. The van der Waals surface area contributed by atoms with Crippen LogP contribution in [0.3, 0.4) is 0 Å². The summed E-state index contributed by atoms with van der Waals surface area (Å²) in [4.78, 5) is 0. The van der Waals surface area contributed by atoms with E-state index < -0.39 is 0 Å². The second kappa shape index (κ2) is 12.3. The van der Waals surface area contributed by atoms with Gasteiger partial charge in [0.2, 0.25) is 0 Å². The first kappa shape index (κ1) is 30.6. The molecule has 0 radical (unpaired) electrons. The fourth-order valence-corrected chi connectivity index (χ4v) is 9.79. The predicted molar refractivity (Wildman–Crippen MR) is 166 cm³/mol. The lowest BCUT2D eigenvalue weighted by Gasteiger charge is -2.58. The van der Waals surface area contributed by atoms with E-state index in [9.17, 15) is 0 Å². The number of benzene rings is 1. The zero-order chi connectivity index (χ0) is 27.1. The van der Waals surface area contributed by atoms with Gasteiger partial charge in [-0.1, -0.05) is 89.8 Å². The van der Waals surface area contributed by atoms with Gasteiger partial charge in [-0.3, -0.25) is 5.41 Å². The van der Waals surface area contributed by atoms with Crippen LogP contribution in [-0.2, 0) is 11.3 Å². The first-order chi connectivity index (χ1) is 18.1. The summed E-state index contributed by atoms with van der Waals surface area (Å²) in [6, 6.07) is 7.96. The Morgan fingerprint density at radius 3 is 2.44 bits per heavy atom. The number of hydrogen-bond acceptors (Lipinski definition) is 2. The molecule has 0 aliphatic heterocycles. The molecule has 5 rings (SSSR count). The molecule has 1 aromatic carbocycles. The zero-order valence-corrected chi connectivity index (χ0v) is 26.1. The number of ether oxygens (including phenoxy) is 1. The van der Waals surface area contributed by atoms with E-state index in [0.717, 1.165) is 47.5 Å². The minimum atomic E-state index is 0. The number of nitrogens with one attached hydrogen (secondary N) is 1. The molecule has 39 heavy (non-hydrogen) atoms. The molecule has 3 saturated carbocycles. The van der Waals surface area contributed by atoms with Gasteiger partial charge in [0.25, 0.3) is 0 Å². The summed E-state index contributed by atoms with van der Waals surface area (Å²) in [5.41, 5.74) is 10.2. The Balaban J connectivity index is 0.00000353. The topological polar surface area (TPSA) is 59.1 Å². The van der Waals surface area contributed by atoms with Crippen LogP contribution >= 0.6 is 12.4 Å². The molecule has 218 valence electrons. The zero-order valence-electron chi connectivity index (χ0n) is 25.3. The van der Waals surface area contributed by atoms with Crippen LogP contribution in [0.4, 0.5) is 0 Å². The Morgan fingerprint density at radius 1 is 1.00 bits per heavy atom. The molecule has 8 atom stereocenters. The Bertz CT molecular complexity index is 1020. The van der Waals surface area contributed by atoms with E-state index in [1.165, 1.54) is 69.8 Å². The molecule has 0 aromatic heterocycles. The van der Waals surface area contributed by atoms with Gasteiger partial charge in [0, 0.05) is 5.56 Å². The lowest BCUT2D eigenvalue weighted by molar-refractivity contribution is -0.0656. The normalized spacial score (nSPS) is 36.3. The van der Waals surface area contributed by atoms with Crippen LogP contribution in [-0.4, -0.2) is 11.9 Å². The van der Waals surface area contributed by atoms with Crippen LogP contribution in [0, 0.1) is 51.7 Å². The van der Waals surface area contributed by atoms with Gasteiger partial charge in [0.05, 0.1) is 12.7 Å². The predicted octanol–water partition coefficient (Wildman–Crippen LogP) is 9.32. The van der Waals surface area contributed by atoms with E-state index in [2.05, 4.69) is 40.7 Å². The van der Waals surface area contributed by atoms with Crippen molar-refractivity contribution in [2.24, 2.45) is 52.1 Å². The van der Waals surface area contributed by atoms with Gasteiger partial charge >= 0.3 is 0 Å². The molecule has 0 spiro atoms. The van der Waals surface area contributed by atoms with Crippen LogP contribution in [0.1, 0.15) is 116 Å². The van der Waals surface area contributed by atoms with Gasteiger partial charge < -0.3 is 10.5 Å². The third kappa shape index (κ3) is 6.01. The highest BCUT2D eigenvalue weighted by Gasteiger charge is 2.59. The van der Waals surface area contributed by atoms with Crippen molar-refractivity contribution in [3.8, 4) is 0 Å². The average molecular weight is 555 g/mol. The number of amidine groups is 1. The van der Waals surface area contributed by atoms with Gasteiger partial charge in [-0.25, -0.2) is 0 Å². The van der Waals surface area contributed by atoms with Crippen LogP contribution in [0.15, 0.2) is 35.9 Å². The maximum atomic E-state index is 7.59. The second-order valence-corrected chi connectivity index (χ2v) is 14.6. The van der Waals surface area contributed by atoms with Crippen LogP contribution in [0.2, 0.25) is 0 Å². The van der Waals surface area contributed by atoms with Crippen molar-refractivity contribution in [2.75, 3.05) is 0 Å². The van der Waals surface area contributed by atoms with E-state index >= 15 is 0 Å². The molecule has 1 aromatic rings. The van der Waals surface area contributed by atoms with E-state index in [1.807, 2.05) is 24.3 Å². The molecule has 3 fully saturated rings. The average Bonchev–Trinajstić information content (AvgIpc) is 3.24. The highest BCUT2D eigenvalue weighted by molar-refractivity contribution is 5.94. The number of hydrogen-bond donors (Lipinski definition) is 2. The highest BCUT2D eigenvalue weighted by atomic mass is 35.5. The van der Waals surface area contributed by atoms with Crippen molar-refractivity contribution in [3.05, 3.63) is 47.0 Å². The lowest BCUT2D eigenvalue weighted by atomic mass is 9.47. The number of allylic oxidation sites excluding steroid dienone is 1. The summed E-state index contributed by atoms with van der Waals surface area (Å²) in [5, 5.41) is 7.59.